The summed E-state index contributed by atoms with van der Waals surface area (Å²) in [4.78, 5) is 15.9. The zero-order valence-electron chi connectivity index (χ0n) is 9.25. The van der Waals surface area contributed by atoms with E-state index >= 15 is 0 Å². The van der Waals surface area contributed by atoms with Crippen molar-refractivity contribution in [3.63, 3.8) is 0 Å². The van der Waals surface area contributed by atoms with Gasteiger partial charge in [-0.15, -0.1) is 0 Å². The second-order valence-electron chi connectivity index (χ2n) is 4.83. The first-order valence-corrected chi connectivity index (χ1v) is 5.91. The molecule has 0 radical (unpaired) electrons. The minimum atomic E-state index is 0.0305. The molecule has 0 aromatic carbocycles. The van der Waals surface area contributed by atoms with E-state index < -0.39 is 0 Å². The fraction of sp³-hybridized carbons (Fsp3) is 0.455. The van der Waals surface area contributed by atoms with Crippen LogP contribution in [0.3, 0.4) is 0 Å². The molecule has 1 aliphatic carbocycles. The van der Waals surface area contributed by atoms with Gasteiger partial charge in [0.05, 0.1) is 16.4 Å². The number of carbonyl (C=O) groups excluding carboxylic acids is 1. The number of pyridine rings is 1. The van der Waals surface area contributed by atoms with Crippen LogP contribution in [-0.2, 0) is 4.79 Å². The van der Waals surface area contributed by atoms with Gasteiger partial charge in [0, 0.05) is 5.92 Å². The fourth-order valence-corrected chi connectivity index (χ4v) is 2.13. The minimum Gasteiger partial charge on any atom is -0.397 e. The Hall–Kier alpha value is -1.10. The molecular weight excluding hydrogens is 270 g/mol. The Morgan fingerprint density at radius 2 is 2.31 bits per heavy atom. The zero-order valence-corrected chi connectivity index (χ0v) is 10.8. The van der Waals surface area contributed by atoms with E-state index in [1.54, 1.807) is 6.07 Å². The van der Waals surface area contributed by atoms with E-state index in [1.165, 1.54) is 6.20 Å². The van der Waals surface area contributed by atoms with Gasteiger partial charge in [0.2, 0.25) is 5.91 Å². The molecule has 1 fully saturated rings. The van der Waals surface area contributed by atoms with Gasteiger partial charge in [0.1, 0.15) is 5.82 Å². The third kappa shape index (κ3) is 2.19. The van der Waals surface area contributed by atoms with Gasteiger partial charge >= 0.3 is 0 Å². The number of carbonyl (C=O) groups is 1. The van der Waals surface area contributed by atoms with Crippen LogP contribution in [0.2, 0.25) is 0 Å². The molecule has 86 valence electrons. The number of nitrogens with one attached hydrogen (secondary N) is 1. The van der Waals surface area contributed by atoms with Crippen LogP contribution in [0.15, 0.2) is 16.7 Å². The molecule has 1 amide bonds. The maximum Gasteiger partial charge on any atom is 0.229 e. The van der Waals surface area contributed by atoms with Crippen molar-refractivity contribution >= 4 is 33.3 Å². The maximum absolute atomic E-state index is 11.8. The van der Waals surface area contributed by atoms with Crippen molar-refractivity contribution in [1.29, 1.82) is 0 Å². The van der Waals surface area contributed by atoms with Gasteiger partial charge in [-0.25, -0.2) is 4.98 Å². The smallest absolute Gasteiger partial charge is 0.229 e. The number of amides is 1. The van der Waals surface area contributed by atoms with Crippen molar-refractivity contribution in [3.8, 4) is 0 Å². The highest BCUT2D eigenvalue weighted by molar-refractivity contribution is 9.10. The number of hydrogen-bond donors (Lipinski definition) is 2. The van der Waals surface area contributed by atoms with Crippen LogP contribution >= 0.6 is 15.9 Å². The molecule has 0 spiro atoms. The number of nitrogens with two attached hydrogens (primary N) is 1. The first-order valence-electron chi connectivity index (χ1n) is 5.12. The Morgan fingerprint density at radius 3 is 2.81 bits per heavy atom. The molecule has 1 heterocycles. The average Bonchev–Trinajstić information content (AvgIpc) is 2.80. The van der Waals surface area contributed by atoms with Crippen molar-refractivity contribution in [2.75, 3.05) is 11.1 Å². The van der Waals surface area contributed by atoms with Crippen LogP contribution in [0.25, 0.3) is 0 Å². The lowest BCUT2D eigenvalue weighted by atomic mass is 10.1. The summed E-state index contributed by atoms with van der Waals surface area (Å²) in [5, 5.41) is 2.80. The number of nitrogen functional groups attached to an aromatic ring is 1. The molecule has 1 saturated carbocycles. The Bertz CT molecular complexity index is 445. The number of nitrogens with zero attached hydrogens (tertiary/aromatic N) is 1. The second-order valence-corrected chi connectivity index (χ2v) is 5.69. The highest BCUT2D eigenvalue weighted by Crippen LogP contribution is 2.52. The van der Waals surface area contributed by atoms with Crippen LogP contribution < -0.4 is 11.1 Å². The highest BCUT2D eigenvalue weighted by Gasteiger charge is 2.50. The number of rotatable bonds is 2. The van der Waals surface area contributed by atoms with Gasteiger partial charge in [-0.2, -0.15) is 0 Å². The largest absolute Gasteiger partial charge is 0.397 e. The molecule has 1 aliphatic rings. The highest BCUT2D eigenvalue weighted by atomic mass is 79.9. The van der Waals surface area contributed by atoms with Crippen molar-refractivity contribution in [2.24, 2.45) is 11.3 Å². The van der Waals surface area contributed by atoms with Crippen LogP contribution in [0, 0.1) is 11.3 Å². The Labute approximate surface area is 103 Å². The summed E-state index contributed by atoms with van der Waals surface area (Å²) in [5.41, 5.74) is 6.26. The number of anilines is 2. The van der Waals surface area contributed by atoms with Crippen molar-refractivity contribution in [1.82, 2.24) is 4.98 Å². The lowest BCUT2D eigenvalue weighted by Crippen LogP contribution is -2.17. The van der Waals surface area contributed by atoms with Crippen LogP contribution in [0.5, 0.6) is 0 Å². The fourth-order valence-electron chi connectivity index (χ4n) is 1.66. The molecule has 1 aromatic rings. The lowest BCUT2D eigenvalue weighted by Gasteiger charge is -2.07. The topological polar surface area (TPSA) is 68.0 Å². The van der Waals surface area contributed by atoms with E-state index in [2.05, 4.69) is 40.1 Å². The number of aromatic nitrogens is 1. The third-order valence-electron chi connectivity index (χ3n) is 2.93. The van der Waals surface area contributed by atoms with Crippen LogP contribution in [0.1, 0.15) is 20.3 Å². The molecule has 4 nitrogen and oxygen atoms in total. The molecule has 2 rings (SSSR count). The van der Waals surface area contributed by atoms with Crippen molar-refractivity contribution in [3.05, 3.63) is 16.7 Å². The van der Waals surface area contributed by atoms with Gasteiger partial charge in [-0.3, -0.25) is 4.79 Å². The van der Waals surface area contributed by atoms with Crippen LogP contribution in [0.4, 0.5) is 11.5 Å². The number of hydrogen-bond acceptors (Lipinski definition) is 3. The first-order chi connectivity index (χ1) is 7.40. The molecule has 1 unspecified atom stereocenters. The Kier molecular flexibility index (Phi) is 2.66. The van der Waals surface area contributed by atoms with E-state index in [4.69, 9.17) is 5.73 Å². The summed E-state index contributed by atoms with van der Waals surface area (Å²) in [6, 6.07) is 1.72. The second kappa shape index (κ2) is 3.73. The van der Waals surface area contributed by atoms with Crippen molar-refractivity contribution in [2.45, 2.75) is 20.3 Å². The van der Waals surface area contributed by atoms with Gasteiger partial charge < -0.3 is 11.1 Å². The average molecular weight is 284 g/mol. The normalized spacial score (nSPS) is 21.6. The molecule has 3 N–H and O–H groups in total. The van der Waals surface area contributed by atoms with E-state index in [0.717, 1.165) is 6.42 Å². The summed E-state index contributed by atoms with van der Waals surface area (Å²) in [5.74, 6) is 0.656. The van der Waals surface area contributed by atoms with E-state index in [1.807, 2.05) is 0 Å². The lowest BCUT2D eigenvalue weighted by molar-refractivity contribution is -0.118. The predicted octanol–water partition coefficient (Wildman–Crippen LogP) is 2.41. The van der Waals surface area contributed by atoms with Gasteiger partial charge in [0.15, 0.2) is 0 Å². The maximum atomic E-state index is 11.8. The summed E-state index contributed by atoms with van der Waals surface area (Å²) in [7, 11) is 0. The standard InChI is InChI=1S/C11H14BrN3O/c1-11(2)4-7(11)10(16)15-9-8(12)3-6(13)5-14-9/h3,5,7H,4,13H2,1-2H3,(H,14,15,16). The van der Waals surface area contributed by atoms with Gasteiger partial charge in [-0.05, 0) is 33.8 Å². The molecule has 0 bridgehead atoms. The molecule has 1 atom stereocenters. The Morgan fingerprint density at radius 1 is 1.69 bits per heavy atom. The third-order valence-corrected chi connectivity index (χ3v) is 3.54. The predicted molar refractivity (Wildman–Crippen MR) is 66.9 cm³/mol. The van der Waals surface area contributed by atoms with E-state index in [9.17, 15) is 4.79 Å². The minimum absolute atomic E-state index is 0.0305. The molecule has 5 heteroatoms. The molecule has 16 heavy (non-hydrogen) atoms. The van der Waals surface area contributed by atoms with Gasteiger partial charge in [-0.1, -0.05) is 13.8 Å². The summed E-state index contributed by atoms with van der Waals surface area (Å²) < 4.78 is 0.708. The molecule has 0 saturated heterocycles. The molecule has 0 aliphatic heterocycles. The van der Waals surface area contributed by atoms with E-state index in [0.29, 0.717) is 16.0 Å². The molecule has 1 aromatic heterocycles. The number of halogens is 1. The zero-order chi connectivity index (χ0) is 11.9. The van der Waals surface area contributed by atoms with Crippen molar-refractivity contribution < 1.29 is 4.79 Å². The summed E-state index contributed by atoms with van der Waals surface area (Å²) in [6.45, 7) is 4.17. The van der Waals surface area contributed by atoms with E-state index in [-0.39, 0.29) is 17.2 Å². The van der Waals surface area contributed by atoms with Crippen LogP contribution in [-0.4, -0.2) is 10.9 Å². The molecular formula is C11H14BrN3O. The summed E-state index contributed by atoms with van der Waals surface area (Å²) in [6.07, 6.45) is 2.46. The first kappa shape index (κ1) is 11.4. The van der Waals surface area contributed by atoms with Gasteiger partial charge in [0.25, 0.3) is 0 Å². The quantitative estimate of drug-likeness (QED) is 0.876. The Balaban J connectivity index is 2.07. The monoisotopic (exact) mass is 283 g/mol. The summed E-state index contributed by atoms with van der Waals surface area (Å²) >= 11 is 3.32. The SMILES string of the molecule is CC1(C)CC1C(=O)Nc1ncc(N)cc1Br.